The number of hydrogen-bond donors (Lipinski definition) is 2. The van der Waals surface area contributed by atoms with Gasteiger partial charge in [-0.1, -0.05) is 12.1 Å². The van der Waals surface area contributed by atoms with Crippen molar-refractivity contribution in [1.82, 2.24) is 59.5 Å². The highest BCUT2D eigenvalue weighted by molar-refractivity contribution is 7.17. The number of amides is 2. The highest BCUT2D eigenvalue weighted by Gasteiger charge is 2.66. The fourth-order valence-corrected chi connectivity index (χ4v) is 11.2. The molecule has 2 saturated carbocycles. The number of Topliss-reactive ketones (excluding diaryl/α,β-unsaturated/α-hetero) is 1. The number of pyridine rings is 2. The number of halogens is 2. The van der Waals surface area contributed by atoms with Gasteiger partial charge in [-0.05, 0) is 74.2 Å². The summed E-state index contributed by atoms with van der Waals surface area (Å²) >= 11 is 2.93. The van der Waals surface area contributed by atoms with Crippen molar-refractivity contribution in [2.24, 2.45) is 0 Å². The fourth-order valence-electron chi connectivity index (χ4n) is 9.77. The van der Waals surface area contributed by atoms with E-state index in [4.69, 9.17) is 0 Å². The number of carbonyl (C=O) groups is 3. The molecule has 0 atom stereocenters. The van der Waals surface area contributed by atoms with Crippen molar-refractivity contribution < 1.29 is 23.2 Å². The normalized spacial score (nSPS) is 17.7. The molecule has 12 rings (SSSR count). The van der Waals surface area contributed by atoms with Crippen molar-refractivity contribution in [1.29, 1.82) is 0 Å². The van der Waals surface area contributed by atoms with E-state index >= 15 is 0 Å². The van der Waals surface area contributed by atoms with Crippen molar-refractivity contribution in [2.75, 3.05) is 63.0 Å². The second kappa shape index (κ2) is 17.6. The molecule has 2 aliphatic heterocycles. The van der Waals surface area contributed by atoms with E-state index in [0.29, 0.717) is 86.2 Å². The van der Waals surface area contributed by atoms with Gasteiger partial charge in [0.1, 0.15) is 23.0 Å². The van der Waals surface area contributed by atoms with Crippen LogP contribution in [0.25, 0.3) is 42.9 Å². The Hall–Kier alpha value is -7.33. The van der Waals surface area contributed by atoms with Crippen LogP contribution in [0, 0.1) is 11.6 Å². The van der Waals surface area contributed by atoms with Gasteiger partial charge in [-0.25, -0.2) is 48.7 Å². The third kappa shape index (κ3) is 8.16. The summed E-state index contributed by atoms with van der Waals surface area (Å²) < 4.78 is 31.5. The first-order chi connectivity index (χ1) is 34.1. The van der Waals surface area contributed by atoms with Crippen LogP contribution < -0.4 is 10.6 Å². The van der Waals surface area contributed by atoms with E-state index < -0.39 is 22.7 Å². The molecule has 17 nitrogen and oxygen atoms in total. The van der Waals surface area contributed by atoms with Gasteiger partial charge in [-0.3, -0.25) is 24.2 Å². The molecular formula is C49H42F2N14O3S2. The molecule has 0 bridgehead atoms. The van der Waals surface area contributed by atoms with Crippen molar-refractivity contribution in [3.8, 4) is 22.5 Å². The molecular weight excluding hydrogens is 935 g/mol. The van der Waals surface area contributed by atoms with Crippen LogP contribution >= 0.6 is 22.7 Å². The molecule has 8 heterocycles. The summed E-state index contributed by atoms with van der Waals surface area (Å²) in [4.78, 5) is 84.5. The van der Waals surface area contributed by atoms with Crippen LogP contribution in [0.3, 0.4) is 0 Å². The zero-order chi connectivity index (χ0) is 47.6. The number of piperazine rings is 2. The number of rotatable bonds is 12. The van der Waals surface area contributed by atoms with Crippen molar-refractivity contribution in [3.63, 3.8) is 0 Å². The molecule has 2 saturated heterocycles. The van der Waals surface area contributed by atoms with Gasteiger partial charge in [-0.15, -0.1) is 22.7 Å². The lowest BCUT2D eigenvalue weighted by Crippen LogP contribution is -2.62. The van der Waals surface area contributed by atoms with E-state index in [1.54, 1.807) is 57.2 Å². The molecule has 2 amide bonds. The standard InChI is InChI=1S/C49H42F2N14O3S2/c50-33-25-54-46(60-41(33)29-1-5-35-37(21-29)69-27-56-35)58-39-7-3-31(23-52-39)43(66)62-13-17-64(18-14-62)48(9-10-48)45(68)49(11-12-49)65-19-15-63(16-20-65)44(67)32-4-8-40(53-24-32)59-47-55-26-34(51)42(61-47)30-2-6-36-38(22-30)70-28-57-36/h1-8,21-28H,9-20H2,(H,52,54,58,60)(H,53,55,59,61). The van der Waals surface area contributed by atoms with Gasteiger partial charge in [0.05, 0.1) is 66.1 Å². The Morgan fingerprint density at radius 2 is 0.943 bits per heavy atom. The molecule has 2 aromatic carbocycles. The number of ketones is 1. The van der Waals surface area contributed by atoms with E-state index in [-0.39, 0.29) is 40.9 Å². The Bertz CT molecular complexity index is 3110. The average molecular weight is 977 g/mol. The van der Waals surface area contributed by atoms with Gasteiger partial charge in [0.2, 0.25) is 11.9 Å². The van der Waals surface area contributed by atoms with Crippen LogP contribution in [0.15, 0.2) is 96.5 Å². The van der Waals surface area contributed by atoms with E-state index in [1.165, 1.54) is 35.1 Å². The van der Waals surface area contributed by atoms with E-state index in [0.717, 1.165) is 58.5 Å². The average Bonchev–Trinajstić information content (AvgIpc) is 4.29. The lowest BCUT2D eigenvalue weighted by atomic mass is 9.96. The summed E-state index contributed by atoms with van der Waals surface area (Å²) in [5, 5.41) is 6.04. The van der Waals surface area contributed by atoms with E-state index in [1.807, 2.05) is 24.3 Å². The molecule has 21 heteroatoms. The van der Waals surface area contributed by atoms with E-state index in [2.05, 4.69) is 60.3 Å². The minimum Gasteiger partial charge on any atom is -0.336 e. The number of carbonyl (C=O) groups excluding carboxylic acids is 3. The fraction of sp³-hybridized carbons (Fsp3) is 0.286. The first kappa shape index (κ1) is 43.9. The van der Waals surface area contributed by atoms with Gasteiger partial charge in [0, 0.05) is 75.9 Å². The zero-order valence-corrected chi connectivity index (χ0v) is 39.0. The summed E-state index contributed by atoms with van der Waals surface area (Å²) in [5.74, 6) is 0.0337. The maximum absolute atomic E-state index is 14.8. The maximum Gasteiger partial charge on any atom is 0.255 e. The van der Waals surface area contributed by atoms with Crippen LogP contribution in [0.1, 0.15) is 46.4 Å². The van der Waals surface area contributed by atoms with Gasteiger partial charge in [0.25, 0.3) is 11.8 Å². The minimum atomic E-state index is -0.552. The van der Waals surface area contributed by atoms with Crippen LogP contribution in [0.5, 0.6) is 0 Å². The van der Waals surface area contributed by atoms with Gasteiger partial charge in [-0.2, -0.15) is 0 Å². The third-order valence-corrected chi connectivity index (χ3v) is 15.4. The van der Waals surface area contributed by atoms with Gasteiger partial charge >= 0.3 is 0 Å². The molecule has 70 heavy (non-hydrogen) atoms. The van der Waals surface area contributed by atoms with Crippen LogP contribution in [0.2, 0.25) is 0 Å². The number of aromatic nitrogens is 8. The molecule has 4 fully saturated rings. The summed E-state index contributed by atoms with van der Waals surface area (Å²) in [5.41, 5.74) is 6.48. The molecule has 2 N–H and O–H groups in total. The molecule has 0 spiro atoms. The Kier molecular flexibility index (Phi) is 11.0. The predicted molar refractivity (Wildman–Crippen MR) is 260 cm³/mol. The smallest absolute Gasteiger partial charge is 0.255 e. The van der Waals surface area contributed by atoms with Gasteiger partial charge in [0.15, 0.2) is 17.4 Å². The zero-order valence-electron chi connectivity index (χ0n) is 37.4. The summed E-state index contributed by atoms with van der Waals surface area (Å²) in [7, 11) is 0. The lowest BCUT2D eigenvalue weighted by molar-refractivity contribution is -0.134. The van der Waals surface area contributed by atoms with Crippen LogP contribution in [0.4, 0.5) is 32.3 Å². The molecule has 2 aliphatic carbocycles. The number of benzene rings is 2. The van der Waals surface area contributed by atoms with Crippen molar-refractivity contribution in [2.45, 2.75) is 36.8 Å². The summed E-state index contributed by atoms with van der Waals surface area (Å²) in [6, 6.07) is 17.6. The highest BCUT2D eigenvalue weighted by atomic mass is 32.1. The van der Waals surface area contributed by atoms with Crippen molar-refractivity contribution in [3.05, 3.63) is 119 Å². The highest BCUT2D eigenvalue weighted by Crippen LogP contribution is 2.54. The monoisotopic (exact) mass is 976 g/mol. The quantitative estimate of drug-likeness (QED) is 0.125. The Labute approximate surface area is 406 Å². The number of nitrogens with zero attached hydrogens (tertiary/aromatic N) is 12. The molecule has 0 radical (unpaired) electrons. The lowest BCUT2D eigenvalue weighted by Gasteiger charge is -2.44. The number of nitrogens with one attached hydrogen (secondary N) is 2. The molecule has 352 valence electrons. The Morgan fingerprint density at radius 3 is 1.33 bits per heavy atom. The number of anilines is 4. The van der Waals surface area contributed by atoms with Crippen LogP contribution in [-0.2, 0) is 4.79 Å². The van der Waals surface area contributed by atoms with Gasteiger partial charge < -0.3 is 20.4 Å². The molecule has 4 aliphatic rings. The number of hydrogen-bond acceptors (Lipinski definition) is 17. The van der Waals surface area contributed by atoms with Crippen LogP contribution in [-0.4, -0.2) is 141 Å². The first-order valence-electron chi connectivity index (χ1n) is 22.9. The molecule has 0 unspecified atom stereocenters. The number of thiazole rings is 2. The summed E-state index contributed by atoms with van der Waals surface area (Å²) in [6.07, 6.45) is 8.45. The molecule has 8 aromatic rings. The van der Waals surface area contributed by atoms with Crippen molar-refractivity contribution >= 4 is 84.2 Å². The SMILES string of the molecule is O=C(c1ccc(Nc2ncc(F)c(-c3ccc4ncsc4c3)n2)nc1)N1CCN(C2(C(=O)C3(N4CCN(C(=O)c5ccc(Nc6ncc(F)c(-c7ccc8ncsc8c7)n6)nc5)CC4)CC3)CC2)CC1. The Balaban J connectivity index is 0.624. The first-order valence-corrected chi connectivity index (χ1v) is 24.7. The second-order valence-electron chi connectivity index (χ2n) is 17.9. The minimum absolute atomic E-state index is 0.140. The summed E-state index contributed by atoms with van der Waals surface area (Å²) in [6.45, 7) is 4.31. The topological polar surface area (TPSA) is 191 Å². The Morgan fingerprint density at radius 1 is 0.514 bits per heavy atom. The maximum atomic E-state index is 14.8. The molecule has 6 aromatic heterocycles. The number of fused-ring (bicyclic) bond motifs is 2. The third-order valence-electron chi connectivity index (χ3n) is 13.8. The largest absolute Gasteiger partial charge is 0.336 e. The van der Waals surface area contributed by atoms with E-state index in [9.17, 15) is 23.2 Å². The second-order valence-corrected chi connectivity index (χ2v) is 19.7. The predicted octanol–water partition coefficient (Wildman–Crippen LogP) is 7.23.